The maximum Gasteiger partial charge on any atom is 0.235 e. The summed E-state index contributed by atoms with van der Waals surface area (Å²) in [4.78, 5) is 14.8. The van der Waals surface area contributed by atoms with Gasteiger partial charge in [0.15, 0.2) is 5.82 Å². The zero-order valence-electron chi connectivity index (χ0n) is 13.5. The number of aromatic nitrogens is 3. The Kier molecular flexibility index (Phi) is 4.37. The lowest BCUT2D eigenvalue weighted by molar-refractivity contribution is 0.626. The van der Waals surface area contributed by atoms with Crippen molar-refractivity contribution in [1.29, 1.82) is 0 Å². The standard InChI is InChI=1S/C18H18FN5/c1-12(2)24(15-10-6-9-14(19)11-15)18-22-16(21-17(20)23-18)13-7-4-3-5-8-13/h3-12H,1-2H3,(H2,20,21,22,23). The molecule has 3 rings (SSSR count). The van der Waals surface area contributed by atoms with Crippen LogP contribution in [-0.4, -0.2) is 21.0 Å². The summed E-state index contributed by atoms with van der Waals surface area (Å²) in [5, 5.41) is 0. The number of anilines is 3. The van der Waals surface area contributed by atoms with E-state index in [2.05, 4.69) is 15.0 Å². The molecule has 1 heterocycles. The summed E-state index contributed by atoms with van der Waals surface area (Å²) in [5.74, 6) is 0.687. The molecule has 24 heavy (non-hydrogen) atoms. The van der Waals surface area contributed by atoms with Crippen LogP contribution >= 0.6 is 0 Å². The van der Waals surface area contributed by atoms with Crippen LogP contribution in [-0.2, 0) is 0 Å². The van der Waals surface area contributed by atoms with Crippen LogP contribution in [0.25, 0.3) is 11.4 Å². The lowest BCUT2D eigenvalue weighted by Gasteiger charge is -2.27. The number of hydrogen-bond donors (Lipinski definition) is 1. The van der Waals surface area contributed by atoms with Crippen LogP contribution in [0.5, 0.6) is 0 Å². The smallest absolute Gasteiger partial charge is 0.235 e. The number of hydrogen-bond acceptors (Lipinski definition) is 5. The van der Waals surface area contributed by atoms with E-state index in [4.69, 9.17) is 5.73 Å². The van der Waals surface area contributed by atoms with Crippen molar-refractivity contribution in [2.75, 3.05) is 10.6 Å². The molecule has 0 aliphatic rings. The van der Waals surface area contributed by atoms with Crippen LogP contribution in [0.3, 0.4) is 0 Å². The van der Waals surface area contributed by atoms with Crippen molar-refractivity contribution in [1.82, 2.24) is 15.0 Å². The SMILES string of the molecule is CC(C)N(c1cccc(F)c1)c1nc(N)nc(-c2ccccc2)n1. The molecule has 0 radical (unpaired) electrons. The molecule has 6 heteroatoms. The predicted molar refractivity (Wildman–Crippen MR) is 93.4 cm³/mol. The summed E-state index contributed by atoms with van der Waals surface area (Å²) in [5.41, 5.74) is 7.38. The van der Waals surface area contributed by atoms with Crippen molar-refractivity contribution in [3.63, 3.8) is 0 Å². The first kappa shape index (κ1) is 15.9. The lowest BCUT2D eigenvalue weighted by atomic mass is 10.2. The Bertz CT molecular complexity index is 836. The van der Waals surface area contributed by atoms with Crippen molar-refractivity contribution in [3.8, 4) is 11.4 Å². The molecule has 2 N–H and O–H groups in total. The average Bonchev–Trinajstić information content (AvgIpc) is 2.55. The summed E-state index contributed by atoms with van der Waals surface area (Å²) in [6.45, 7) is 3.96. The van der Waals surface area contributed by atoms with Crippen molar-refractivity contribution < 1.29 is 4.39 Å². The zero-order chi connectivity index (χ0) is 17.1. The Morgan fingerprint density at radius 2 is 1.71 bits per heavy atom. The zero-order valence-corrected chi connectivity index (χ0v) is 13.5. The topological polar surface area (TPSA) is 67.9 Å². The highest BCUT2D eigenvalue weighted by Gasteiger charge is 2.19. The molecular formula is C18H18FN5. The van der Waals surface area contributed by atoms with E-state index in [0.29, 0.717) is 17.5 Å². The van der Waals surface area contributed by atoms with Gasteiger partial charge in [-0.2, -0.15) is 15.0 Å². The Balaban J connectivity index is 2.10. The Morgan fingerprint density at radius 3 is 2.38 bits per heavy atom. The third-order valence-corrected chi connectivity index (χ3v) is 3.49. The second-order valence-corrected chi connectivity index (χ2v) is 5.63. The van der Waals surface area contributed by atoms with Crippen molar-refractivity contribution in [3.05, 3.63) is 60.4 Å². The Morgan fingerprint density at radius 1 is 0.958 bits per heavy atom. The molecule has 0 aliphatic carbocycles. The van der Waals surface area contributed by atoms with Crippen LogP contribution in [0.15, 0.2) is 54.6 Å². The number of halogens is 1. The molecule has 0 bridgehead atoms. The molecule has 0 unspecified atom stereocenters. The molecular weight excluding hydrogens is 305 g/mol. The molecule has 0 atom stereocenters. The first-order valence-electron chi connectivity index (χ1n) is 7.66. The lowest BCUT2D eigenvalue weighted by Crippen LogP contribution is -2.28. The minimum Gasteiger partial charge on any atom is -0.368 e. The van der Waals surface area contributed by atoms with Crippen LogP contribution in [0.4, 0.5) is 22.0 Å². The highest BCUT2D eigenvalue weighted by molar-refractivity contribution is 5.63. The van der Waals surface area contributed by atoms with Gasteiger partial charge in [0, 0.05) is 17.3 Å². The van der Waals surface area contributed by atoms with Gasteiger partial charge in [0.2, 0.25) is 11.9 Å². The summed E-state index contributed by atoms with van der Waals surface area (Å²) < 4.78 is 13.6. The number of nitrogens with zero attached hydrogens (tertiary/aromatic N) is 4. The highest BCUT2D eigenvalue weighted by Crippen LogP contribution is 2.27. The van der Waals surface area contributed by atoms with Gasteiger partial charge in [-0.3, -0.25) is 0 Å². The van der Waals surface area contributed by atoms with Gasteiger partial charge >= 0.3 is 0 Å². The predicted octanol–water partition coefficient (Wildman–Crippen LogP) is 3.81. The fourth-order valence-corrected chi connectivity index (χ4v) is 2.48. The first-order chi connectivity index (χ1) is 11.5. The van der Waals surface area contributed by atoms with Gasteiger partial charge in [0.1, 0.15) is 5.82 Å². The molecule has 1 aromatic heterocycles. The maximum atomic E-state index is 13.6. The summed E-state index contributed by atoms with van der Waals surface area (Å²) in [6, 6.07) is 15.9. The molecule has 122 valence electrons. The molecule has 0 fully saturated rings. The normalized spacial score (nSPS) is 10.8. The van der Waals surface area contributed by atoms with Gasteiger partial charge in [-0.1, -0.05) is 36.4 Å². The van der Waals surface area contributed by atoms with Gasteiger partial charge in [0.25, 0.3) is 0 Å². The largest absolute Gasteiger partial charge is 0.368 e. The van der Waals surface area contributed by atoms with Gasteiger partial charge < -0.3 is 10.6 Å². The average molecular weight is 323 g/mol. The summed E-state index contributed by atoms with van der Waals surface area (Å²) in [7, 11) is 0. The Hall–Kier alpha value is -3.02. The molecule has 3 aromatic rings. The van der Waals surface area contributed by atoms with Gasteiger partial charge in [-0.05, 0) is 32.0 Å². The van der Waals surface area contributed by atoms with E-state index in [1.807, 2.05) is 55.1 Å². The fourth-order valence-electron chi connectivity index (χ4n) is 2.48. The second-order valence-electron chi connectivity index (χ2n) is 5.63. The molecule has 0 saturated heterocycles. The number of nitrogen functional groups attached to an aromatic ring is 1. The van der Waals surface area contributed by atoms with Crippen molar-refractivity contribution in [2.45, 2.75) is 19.9 Å². The molecule has 5 nitrogen and oxygen atoms in total. The first-order valence-corrected chi connectivity index (χ1v) is 7.66. The molecule has 0 aliphatic heterocycles. The van der Waals surface area contributed by atoms with Gasteiger partial charge in [-0.25, -0.2) is 4.39 Å². The van der Waals surface area contributed by atoms with E-state index in [-0.39, 0.29) is 17.8 Å². The van der Waals surface area contributed by atoms with Crippen molar-refractivity contribution in [2.24, 2.45) is 0 Å². The molecule has 0 spiro atoms. The summed E-state index contributed by atoms with van der Waals surface area (Å²) in [6.07, 6.45) is 0. The number of rotatable bonds is 4. The van der Waals surface area contributed by atoms with E-state index < -0.39 is 0 Å². The fraction of sp³-hybridized carbons (Fsp3) is 0.167. The van der Waals surface area contributed by atoms with E-state index >= 15 is 0 Å². The van der Waals surface area contributed by atoms with Crippen LogP contribution in [0, 0.1) is 5.82 Å². The maximum absolute atomic E-state index is 13.6. The van der Waals surface area contributed by atoms with Gasteiger partial charge in [0.05, 0.1) is 0 Å². The minimum atomic E-state index is -0.316. The van der Waals surface area contributed by atoms with Crippen LogP contribution in [0.2, 0.25) is 0 Å². The third-order valence-electron chi connectivity index (χ3n) is 3.49. The van der Waals surface area contributed by atoms with Gasteiger partial charge in [-0.15, -0.1) is 0 Å². The van der Waals surface area contributed by atoms with Crippen LogP contribution in [0.1, 0.15) is 13.8 Å². The quantitative estimate of drug-likeness (QED) is 0.791. The summed E-state index contributed by atoms with van der Waals surface area (Å²) >= 11 is 0. The molecule has 0 saturated carbocycles. The van der Waals surface area contributed by atoms with Crippen LogP contribution < -0.4 is 10.6 Å². The van der Waals surface area contributed by atoms with E-state index in [1.54, 1.807) is 6.07 Å². The monoisotopic (exact) mass is 323 g/mol. The van der Waals surface area contributed by atoms with E-state index in [1.165, 1.54) is 12.1 Å². The molecule has 2 aromatic carbocycles. The number of nitrogens with two attached hydrogens (primary N) is 1. The highest BCUT2D eigenvalue weighted by atomic mass is 19.1. The van der Waals surface area contributed by atoms with E-state index in [9.17, 15) is 4.39 Å². The second kappa shape index (κ2) is 6.62. The third kappa shape index (κ3) is 3.32. The molecule has 0 amide bonds. The number of benzene rings is 2. The minimum absolute atomic E-state index is 0.0113. The Labute approximate surface area is 140 Å². The van der Waals surface area contributed by atoms with E-state index in [0.717, 1.165) is 5.56 Å². The van der Waals surface area contributed by atoms with Crippen molar-refractivity contribution >= 4 is 17.6 Å².